The molecule has 0 bridgehead atoms. The molecule has 0 radical (unpaired) electrons. The molecule has 0 saturated carbocycles. The van der Waals surface area contributed by atoms with Crippen LogP contribution < -0.4 is 10.5 Å². The minimum absolute atomic E-state index is 0.00704. The summed E-state index contributed by atoms with van der Waals surface area (Å²) in [5.41, 5.74) is 7.42. The molecule has 0 aromatic heterocycles. The van der Waals surface area contributed by atoms with Crippen molar-refractivity contribution in [3.63, 3.8) is 0 Å². The highest BCUT2D eigenvalue weighted by Crippen LogP contribution is 2.20. The first-order valence-electron chi connectivity index (χ1n) is 6.86. The third kappa shape index (κ3) is 3.93. The van der Waals surface area contributed by atoms with Crippen LogP contribution in [0.2, 0.25) is 0 Å². The molecule has 4 nitrogen and oxygen atoms in total. The first-order chi connectivity index (χ1) is 9.08. The Labute approximate surface area is 115 Å². The van der Waals surface area contributed by atoms with Crippen molar-refractivity contribution in [1.82, 2.24) is 4.90 Å². The first kappa shape index (κ1) is 14.3. The molecule has 2 N–H and O–H groups in total. The molecule has 106 valence electrons. The topological polar surface area (TPSA) is 47.7 Å². The lowest BCUT2D eigenvalue weighted by Gasteiger charge is -2.36. The summed E-state index contributed by atoms with van der Waals surface area (Å²) in [6, 6.07) is 8.00. The van der Waals surface area contributed by atoms with Crippen molar-refractivity contribution in [3.05, 3.63) is 29.8 Å². The molecule has 1 aromatic carbocycles. The van der Waals surface area contributed by atoms with Crippen molar-refractivity contribution >= 4 is 0 Å². The lowest BCUT2D eigenvalue weighted by molar-refractivity contribution is -0.0691. The van der Waals surface area contributed by atoms with Crippen LogP contribution in [0, 0.1) is 0 Å². The molecule has 1 aromatic rings. The predicted octanol–water partition coefficient (Wildman–Crippen LogP) is 1.80. The van der Waals surface area contributed by atoms with Gasteiger partial charge in [0.2, 0.25) is 0 Å². The number of benzene rings is 1. The van der Waals surface area contributed by atoms with Gasteiger partial charge in [0, 0.05) is 25.7 Å². The molecule has 1 unspecified atom stereocenters. The number of nitrogens with two attached hydrogens (primary N) is 1. The van der Waals surface area contributed by atoms with Crippen molar-refractivity contribution in [2.75, 3.05) is 26.7 Å². The van der Waals surface area contributed by atoms with Gasteiger partial charge < -0.3 is 15.2 Å². The summed E-state index contributed by atoms with van der Waals surface area (Å²) < 4.78 is 11.0. The third-order valence-corrected chi connectivity index (χ3v) is 3.47. The average Bonchev–Trinajstić information content (AvgIpc) is 2.37. The number of ether oxygens (including phenoxy) is 2. The molecule has 0 amide bonds. The van der Waals surface area contributed by atoms with Gasteiger partial charge in [-0.3, -0.25) is 4.90 Å². The number of hydrogen-bond donors (Lipinski definition) is 1. The summed E-state index contributed by atoms with van der Waals surface area (Å²) in [5.74, 6) is 0.858. The highest BCUT2D eigenvalue weighted by Gasteiger charge is 2.23. The molecule has 1 saturated heterocycles. The quantitative estimate of drug-likeness (QED) is 0.901. The molecule has 0 spiro atoms. The molecule has 1 heterocycles. The second-order valence-corrected chi connectivity index (χ2v) is 5.36. The zero-order chi connectivity index (χ0) is 13.8. The van der Waals surface area contributed by atoms with Gasteiger partial charge in [-0.2, -0.15) is 0 Å². The number of morpholine rings is 1. The van der Waals surface area contributed by atoms with E-state index in [1.807, 2.05) is 18.2 Å². The number of hydrogen-bond acceptors (Lipinski definition) is 4. The highest BCUT2D eigenvalue weighted by molar-refractivity contribution is 5.30. The van der Waals surface area contributed by atoms with Crippen LogP contribution in [0.15, 0.2) is 24.3 Å². The first-order valence-corrected chi connectivity index (χ1v) is 6.86. The average molecular weight is 264 g/mol. The van der Waals surface area contributed by atoms with Gasteiger partial charge in [0.1, 0.15) is 5.75 Å². The van der Waals surface area contributed by atoms with Crippen LogP contribution in [0.5, 0.6) is 5.75 Å². The third-order valence-electron chi connectivity index (χ3n) is 3.47. The van der Waals surface area contributed by atoms with Gasteiger partial charge in [-0.1, -0.05) is 12.1 Å². The van der Waals surface area contributed by atoms with Gasteiger partial charge in [0.05, 0.1) is 19.3 Å². The molecular formula is C15H24N2O2. The smallest absolute Gasteiger partial charge is 0.119 e. The normalized spacial score (nSPS) is 26.1. The molecule has 1 aliphatic rings. The second-order valence-electron chi connectivity index (χ2n) is 5.36. The molecule has 2 rings (SSSR count). The SMILES string of the molecule is COc1cccc(C(N)CN2C[C@@H](C)O[C@@H](C)C2)c1. The summed E-state index contributed by atoms with van der Waals surface area (Å²) in [6.07, 6.45) is 0.558. The van der Waals surface area contributed by atoms with E-state index >= 15 is 0 Å². The Morgan fingerprint density at radius 3 is 2.68 bits per heavy atom. The standard InChI is InChI=1S/C15H24N2O2/c1-11-8-17(9-12(2)19-11)10-15(16)13-5-4-6-14(7-13)18-3/h4-7,11-12,15H,8-10,16H2,1-3H3/t11-,12+,15?. The van der Waals surface area contributed by atoms with E-state index in [-0.39, 0.29) is 18.2 Å². The number of nitrogens with zero attached hydrogens (tertiary/aromatic N) is 1. The lowest BCUT2D eigenvalue weighted by atomic mass is 10.1. The summed E-state index contributed by atoms with van der Waals surface area (Å²) in [6.45, 7) is 6.97. The van der Waals surface area contributed by atoms with Gasteiger partial charge >= 0.3 is 0 Å². The van der Waals surface area contributed by atoms with Crippen LogP contribution in [0.25, 0.3) is 0 Å². The van der Waals surface area contributed by atoms with Crippen LogP contribution in [-0.2, 0) is 4.74 Å². The summed E-state index contributed by atoms with van der Waals surface area (Å²) in [5, 5.41) is 0. The van der Waals surface area contributed by atoms with E-state index in [0.717, 1.165) is 30.9 Å². The summed E-state index contributed by atoms with van der Waals surface area (Å²) in [4.78, 5) is 2.38. The zero-order valence-electron chi connectivity index (χ0n) is 12.0. The van der Waals surface area contributed by atoms with E-state index in [1.165, 1.54) is 0 Å². The monoisotopic (exact) mass is 264 g/mol. The van der Waals surface area contributed by atoms with E-state index in [0.29, 0.717) is 0 Å². The van der Waals surface area contributed by atoms with E-state index in [9.17, 15) is 0 Å². The van der Waals surface area contributed by atoms with Crippen molar-refractivity contribution in [2.45, 2.75) is 32.1 Å². The second kappa shape index (κ2) is 6.37. The molecular weight excluding hydrogens is 240 g/mol. The van der Waals surface area contributed by atoms with Crippen LogP contribution >= 0.6 is 0 Å². The number of rotatable bonds is 4. The summed E-state index contributed by atoms with van der Waals surface area (Å²) in [7, 11) is 1.68. The van der Waals surface area contributed by atoms with Gasteiger partial charge in [-0.25, -0.2) is 0 Å². The van der Waals surface area contributed by atoms with Gasteiger partial charge in [-0.15, -0.1) is 0 Å². The molecule has 4 heteroatoms. The fraction of sp³-hybridized carbons (Fsp3) is 0.600. The van der Waals surface area contributed by atoms with E-state index in [2.05, 4.69) is 24.8 Å². The van der Waals surface area contributed by atoms with Crippen LogP contribution in [0.1, 0.15) is 25.5 Å². The molecule has 1 aliphatic heterocycles. The summed E-state index contributed by atoms with van der Waals surface area (Å²) >= 11 is 0. The zero-order valence-corrected chi connectivity index (χ0v) is 12.0. The van der Waals surface area contributed by atoms with Crippen LogP contribution in [0.3, 0.4) is 0 Å². The van der Waals surface area contributed by atoms with Crippen molar-refractivity contribution in [3.8, 4) is 5.75 Å². The van der Waals surface area contributed by atoms with E-state index < -0.39 is 0 Å². The highest BCUT2D eigenvalue weighted by atomic mass is 16.5. The maximum Gasteiger partial charge on any atom is 0.119 e. The fourth-order valence-electron chi connectivity index (χ4n) is 2.69. The fourth-order valence-corrected chi connectivity index (χ4v) is 2.69. The maximum absolute atomic E-state index is 6.30. The van der Waals surface area contributed by atoms with E-state index in [4.69, 9.17) is 15.2 Å². The van der Waals surface area contributed by atoms with Gasteiger partial charge in [0.25, 0.3) is 0 Å². The molecule has 0 aliphatic carbocycles. The van der Waals surface area contributed by atoms with Crippen LogP contribution in [0.4, 0.5) is 0 Å². The van der Waals surface area contributed by atoms with Crippen molar-refractivity contribution in [1.29, 1.82) is 0 Å². The Balaban J connectivity index is 1.97. The van der Waals surface area contributed by atoms with Crippen molar-refractivity contribution < 1.29 is 9.47 Å². The maximum atomic E-state index is 6.30. The Morgan fingerprint density at radius 1 is 1.37 bits per heavy atom. The minimum atomic E-state index is 0.00704. The number of methoxy groups -OCH3 is 1. The van der Waals surface area contributed by atoms with E-state index in [1.54, 1.807) is 7.11 Å². The minimum Gasteiger partial charge on any atom is -0.497 e. The predicted molar refractivity (Wildman–Crippen MR) is 76.4 cm³/mol. The van der Waals surface area contributed by atoms with Gasteiger partial charge in [-0.05, 0) is 31.5 Å². The Morgan fingerprint density at radius 2 is 2.05 bits per heavy atom. The van der Waals surface area contributed by atoms with Crippen LogP contribution in [-0.4, -0.2) is 43.9 Å². The van der Waals surface area contributed by atoms with Gasteiger partial charge in [0.15, 0.2) is 0 Å². The molecule has 19 heavy (non-hydrogen) atoms. The van der Waals surface area contributed by atoms with Crippen molar-refractivity contribution in [2.24, 2.45) is 5.73 Å². The largest absolute Gasteiger partial charge is 0.497 e. The Hall–Kier alpha value is -1.10. The molecule has 1 fully saturated rings. The Kier molecular flexibility index (Phi) is 4.80. The molecule has 3 atom stereocenters. The lowest BCUT2D eigenvalue weighted by Crippen LogP contribution is -2.47. The Bertz CT molecular complexity index is 401.